The summed E-state index contributed by atoms with van der Waals surface area (Å²) < 4.78 is 40.0. The molecule has 0 spiro atoms. The maximum Gasteiger partial charge on any atom is 0.335 e. The minimum absolute atomic E-state index is 0.00773. The van der Waals surface area contributed by atoms with Gasteiger partial charge in [-0.25, -0.2) is 13.1 Å². The number of hydrogen-bond donors (Lipinski definition) is 0. The van der Waals surface area contributed by atoms with E-state index in [4.69, 9.17) is 9.16 Å². The molecule has 11 nitrogen and oxygen atoms in total. The highest BCUT2D eigenvalue weighted by Gasteiger charge is 2.63. The average molecular weight is 697 g/mol. The van der Waals surface area contributed by atoms with Gasteiger partial charge in [0.05, 0.1) is 5.70 Å². The van der Waals surface area contributed by atoms with Crippen LogP contribution < -0.4 is 20.4 Å². The fourth-order valence-electron chi connectivity index (χ4n) is 6.17. The van der Waals surface area contributed by atoms with Gasteiger partial charge in [0.15, 0.2) is 32.3 Å². The van der Waals surface area contributed by atoms with Crippen molar-refractivity contribution >= 4 is 52.0 Å². The Morgan fingerprint density at radius 3 is 1.94 bits per heavy atom. The molecular formula is C33H40N4O7S2Si. The Morgan fingerprint density at radius 1 is 0.936 bits per heavy atom. The van der Waals surface area contributed by atoms with Crippen molar-refractivity contribution in [1.29, 1.82) is 0 Å². The van der Waals surface area contributed by atoms with Gasteiger partial charge in [0.2, 0.25) is 0 Å². The first-order valence-electron chi connectivity index (χ1n) is 15.1. The van der Waals surface area contributed by atoms with E-state index in [9.17, 15) is 22.8 Å². The Kier molecular flexibility index (Phi) is 8.97. The van der Waals surface area contributed by atoms with E-state index in [0.29, 0.717) is 0 Å². The highest BCUT2D eigenvalue weighted by atomic mass is 32.3. The van der Waals surface area contributed by atoms with Gasteiger partial charge in [-0.3, -0.25) is 19.3 Å². The fourth-order valence-corrected chi connectivity index (χ4v) is 14.4. The van der Waals surface area contributed by atoms with Crippen LogP contribution in [0.15, 0.2) is 81.9 Å². The molecule has 0 bridgehead atoms. The quantitative estimate of drug-likeness (QED) is 0.255. The first-order valence-corrected chi connectivity index (χ1v) is 19.5. The van der Waals surface area contributed by atoms with Crippen molar-refractivity contribution < 1.29 is 27.2 Å². The minimum atomic E-state index is -4.15. The summed E-state index contributed by atoms with van der Waals surface area (Å²) in [5.41, 5.74) is -1.45. The van der Waals surface area contributed by atoms with E-state index < -0.39 is 56.1 Å². The summed E-state index contributed by atoms with van der Waals surface area (Å²) in [5.74, 6) is -1.17. The number of nitrogens with zero attached hydrogens (tertiary/aromatic N) is 4. The third-order valence-corrected chi connectivity index (χ3v) is 17.7. The molecule has 0 radical (unpaired) electrons. The summed E-state index contributed by atoms with van der Waals surface area (Å²) in [6.07, 6.45) is -1.25. The van der Waals surface area contributed by atoms with Gasteiger partial charge >= 0.3 is 13.9 Å². The van der Waals surface area contributed by atoms with Crippen molar-refractivity contribution in [1.82, 2.24) is 19.7 Å². The maximum atomic E-state index is 14.0. The number of rotatable bonds is 8. The lowest BCUT2D eigenvalue weighted by Crippen LogP contribution is -2.71. The monoisotopic (exact) mass is 696 g/mol. The summed E-state index contributed by atoms with van der Waals surface area (Å²) in [6, 6.07) is 19.6. The molecule has 2 aromatic carbocycles. The van der Waals surface area contributed by atoms with Gasteiger partial charge in [0.1, 0.15) is 4.58 Å². The van der Waals surface area contributed by atoms with E-state index in [1.165, 1.54) is 18.7 Å². The van der Waals surface area contributed by atoms with Crippen LogP contribution >= 0.6 is 11.8 Å². The van der Waals surface area contributed by atoms with Crippen LogP contribution in [0.3, 0.4) is 0 Å². The van der Waals surface area contributed by atoms with Crippen molar-refractivity contribution in [2.24, 2.45) is 12.5 Å². The smallest absolute Gasteiger partial charge is 0.335 e. The van der Waals surface area contributed by atoms with Gasteiger partial charge in [-0.1, -0.05) is 114 Å². The number of thioether (sulfide) groups is 1. The fraction of sp³-hybridized carbons (Fsp3) is 0.424. The molecule has 47 heavy (non-hydrogen) atoms. The highest BCUT2D eigenvalue weighted by Crippen LogP contribution is 2.47. The lowest BCUT2D eigenvalue weighted by Gasteiger charge is -2.51. The Labute approximate surface area is 280 Å². The standard InChI is InChI=1S/C33H40N4O7S2Si/c1-20-23(25(38)32(2,3)4)37-28(40)24(43-9)29(37)46(41,42)30(20)45-31-34-26(39)27(35-36(31)8)44-47(33(5,6)7,21-16-12-10-13-17-21)22-18-14-11-15-19-22/h10-19,24,29-30H,1-9H3/t24-,29+,30?/m0/s1. The summed E-state index contributed by atoms with van der Waals surface area (Å²) in [4.78, 5) is 45.6. The number of Topliss-reactive ketones (excluding diaryl/α,β-unsaturated/α-hetero) is 1. The number of methoxy groups -OCH3 is 1. The first kappa shape index (κ1) is 34.7. The second-order valence-electron chi connectivity index (χ2n) is 13.8. The topological polar surface area (TPSA) is 138 Å². The van der Waals surface area contributed by atoms with Crippen molar-refractivity contribution in [3.05, 3.63) is 82.3 Å². The van der Waals surface area contributed by atoms with E-state index in [1.54, 1.807) is 27.8 Å². The van der Waals surface area contributed by atoms with Crippen molar-refractivity contribution in [2.45, 2.75) is 74.7 Å². The van der Waals surface area contributed by atoms with E-state index in [0.717, 1.165) is 27.0 Å². The van der Waals surface area contributed by atoms with E-state index in [2.05, 4.69) is 30.9 Å². The lowest BCUT2D eigenvalue weighted by atomic mass is 9.86. The number of carbonyl (C=O) groups is 2. The van der Waals surface area contributed by atoms with Gasteiger partial charge in [-0.15, -0.1) is 5.10 Å². The summed E-state index contributed by atoms with van der Waals surface area (Å²) in [6.45, 7) is 12.8. The van der Waals surface area contributed by atoms with Crippen LogP contribution in [-0.2, 0) is 31.2 Å². The number of allylic oxidation sites excluding steroid dienone is 1. The number of sulfone groups is 1. The molecular weight excluding hydrogens is 657 g/mol. The number of ketones is 1. The molecule has 3 heterocycles. The molecule has 1 unspecified atom stereocenters. The molecule has 0 N–H and O–H groups in total. The van der Waals surface area contributed by atoms with E-state index >= 15 is 0 Å². The average Bonchev–Trinajstić information content (AvgIpc) is 3.00. The van der Waals surface area contributed by atoms with Crippen LogP contribution in [0.1, 0.15) is 48.5 Å². The number of ether oxygens (including phenoxy) is 1. The number of aromatic nitrogens is 3. The minimum Gasteiger partial charge on any atom is -0.516 e. The van der Waals surface area contributed by atoms with Gasteiger partial charge in [-0.05, 0) is 27.9 Å². The SMILES string of the molecule is CO[C@H]1C(=O)N2C(C(=O)C(C)(C)C)=C(C)C(Sc3nc(=O)c(O[Si](c4ccccc4)(c4ccccc4)C(C)(C)C)nn3C)S(=O)(=O)[C@H]12. The summed E-state index contributed by atoms with van der Waals surface area (Å²) in [5, 5.41) is 4.57. The molecule has 0 aliphatic carbocycles. The zero-order chi connectivity index (χ0) is 34.7. The summed E-state index contributed by atoms with van der Waals surface area (Å²) >= 11 is 0.784. The molecule has 3 atom stereocenters. The van der Waals surface area contributed by atoms with Crippen LogP contribution in [0.5, 0.6) is 5.88 Å². The number of β-lactam (4-membered cyclic amide) rings is 1. The predicted octanol–water partition coefficient (Wildman–Crippen LogP) is 3.03. The predicted molar refractivity (Wildman–Crippen MR) is 183 cm³/mol. The van der Waals surface area contributed by atoms with E-state index in [-0.39, 0.29) is 28.1 Å². The second-order valence-corrected chi connectivity index (χ2v) is 21.5. The summed E-state index contributed by atoms with van der Waals surface area (Å²) in [7, 11) is -4.56. The molecule has 1 saturated heterocycles. The van der Waals surface area contributed by atoms with Crippen molar-refractivity contribution in [3.8, 4) is 5.88 Å². The largest absolute Gasteiger partial charge is 0.516 e. The van der Waals surface area contributed by atoms with Crippen LogP contribution in [0.4, 0.5) is 0 Å². The maximum absolute atomic E-state index is 14.0. The molecule has 14 heteroatoms. The Hall–Kier alpha value is -3.59. The van der Waals surface area contributed by atoms with Crippen LogP contribution in [0.25, 0.3) is 0 Å². The third kappa shape index (κ3) is 5.68. The Bertz CT molecular complexity index is 1880. The van der Waals surface area contributed by atoms with Gasteiger partial charge in [0, 0.05) is 19.6 Å². The number of fused-ring (bicyclic) bond motifs is 1. The molecule has 2 aliphatic rings. The van der Waals surface area contributed by atoms with Gasteiger partial charge < -0.3 is 9.16 Å². The molecule has 250 valence electrons. The number of benzene rings is 2. The van der Waals surface area contributed by atoms with Gasteiger partial charge in [0.25, 0.3) is 11.8 Å². The zero-order valence-electron chi connectivity index (χ0n) is 28.0. The number of carbonyl (C=O) groups excluding carboxylic acids is 2. The third-order valence-electron chi connectivity index (χ3n) is 8.52. The normalized spacial score (nSPS) is 21.3. The molecule has 5 rings (SSSR count). The first-order chi connectivity index (χ1) is 21.9. The molecule has 0 saturated carbocycles. The van der Waals surface area contributed by atoms with E-state index in [1.807, 2.05) is 60.7 Å². The Balaban J connectivity index is 1.61. The molecule has 2 aliphatic heterocycles. The number of aryl methyl sites for hydroxylation is 1. The van der Waals surface area contributed by atoms with Crippen molar-refractivity contribution in [2.75, 3.05) is 7.11 Å². The van der Waals surface area contributed by atoms with Crippen LogP contribution in [-0.4, -0.2) is 71.3 Å². The zero-order valence-corrected chi connectivity index (χ0v) is 30.6. The number of hydrogen-bond acceptors (Lipinski definition) is 10. The number of amides is 1. The Morgan fingerprint density at radius 2 is 1.47 bits per heavy atom. The molecule has 1 amide bonds. The molecule has 1 aromatic heterocycles. The molecule has 3 aromatic rings. The highest BCUT2D eigenvalue weighted by molar-refractivity contribution is 8.14. The second kappa shape index (κ2) is 12.1. The van der Waals surface area contributed by atoms with Crippen LogP contribution in [0.2, 0.25) is 5.04 Å². The van der Waals surface area contributed by atoms with Crippen molar-refractivity contribution in [3.63, 3.8) is 0 Å². The van der Waals surface area contributed by atoms with Crippen LogP contribution in [0, 0.1) is 5.41 Å². The lowest BCUT2D eigenvalue weighted by molar-refractivity contribution is -0.161. The van der Waals surface area contributed by atoms with Gasteiger partial charge in [-0.2, -0.15) is 4.98 Å². The molecule has 1 fully saturated rings.